The van der Waals surface area contributed by atoms with Gasteiger partial charge in [-0.2, -0.15) is 0 Å². The maximum atomic E-state index is 12.7. The van der Waals surface area contributed by atoms with Crippen LogP contribution in [0.4, 0.5) is 10.5 Å². The molecule has 1 saturated heterocycles. The Morgan fingerprint density at radius 3 is 2.32 bits per heavy atom. The van der Waals surface area contributed by atoms with E-state index in [9.17, 15) is 9.59 Å². The van der Waals surface area contributed by atoms with Crippen molar-refractivity contribution in [3.05, 3.63) is 80.3 Å². The average Bonchev–Trinajstić information content (AvgIpc) is 3.21. The van der Waals surface area contributed by atoms with Crippen LogP contribution in [0.25, 0.3) is 17.4 Å². The predicted octanol–water partition coefficient (Wildman–Crippen LogP) is 7.15. The minimum atomic E-state index is -0.417. The maximum Gasteiger partial charge on any atom is 0.298 e. The summed E-state index contributed by atoms with van der Waals surface area (Å²) in [4.78, 5) is 26.4. The summed E-state index contributed by atoms with van der Waals surface area (Å²) in [6.45, 7) is 0. The molecule has 8 heteroatoms. The molecule has 2 amide bonds. The number of amides is 2. The SMILES string of the molecule is O=C1SC(=Cc2ccc(-c3ccc(Cl)cc3Cl)o2)C(=O)N1c1ccc(Cl)cc1. The van der Waals surface area contributed by atoms with Gasteiger partial charge < -0.3 is 4.42 Å². The Labute approximate surface area is 179 Å². The highest BCUT2D eigenvalue weighted by molar-refractivity contribution is 8.19. The third-order valence-corrected chi connectivity index (χ3v) is 5.64. The lowest BCUT2D eigenvalue weighted by Gasteiger charge is -2.11. The van der Waals surface area contributed by atoms with E-state index in [1.165, 1.54) is 6.08 Å². The van der Waals surface area contributed by atoms with Gasteiger partial charge in [-0.15, -0.1) is 0 Å². The van der Waals surface area contributed by atoms with E-state index in [1.807, 2.05) is 0 Å². The molecule has 28 heavy (non-hydrogen) atoms. The molecule has 0 atom stereocenters. The second kappa shape index (κ2) is 7.68. The molecule has 3 aromatic rings. The molecule has 0 spiro atoms. The molecule has 0 radical (unpaired) electrons. The number of thioether (sulfide) groups is 1. The number of carbonyl (C=O) groups is 2. The van der Waals surface area contributed by atoms with Gasteiger partial charge in [0.25, 0.3) is 11.1 Å². The van der Waals surface area contributed by atoms with Crippen molar-refractivity contribution >= 4 is 69.5 Å². The number of benzene rings is 2. The van der Waals surface area contributed by atoms with Gasteiger partial charge in [-0.25, -0.2) is 4.90 Å². The van der Waals surface area contributed by atoms with Gasteiger partial charge in [0.05, 0.1) is 15.6 Å². The van der Waals surface area contributed by atoms with Crippen molar-refractivity contribution in [1.29, 1.82) is 0 Å². The second-order valence-corrected chi connectivity index (χ2v) is 8.09. The molecule has 1 fully saturated rings. The standard InChI is InChI=1S/C20H10Cl3NO3S/c21-11-1-4-13(5-2-11)24-19(25)18(28-20(24)26)10-14-6-8-17(27-14)15-7-3-12(22)9-16(15)23/h1-10H. The zero-order chi connectivity index (χ0) is 19.8. The minimum Gasteiger partial charge on any atom is -0.457 e. The van der Waals surface area contributed by atoms with Crippen molar-refractivity contribution in [2.45, 2.75) is 0 Å². The summed E-state index contributed by atoms with van der Waals surface area (Å²) in [5, 5.41) is 1.12. The Bertz CT molecular complexity index is 1120. The fourth-order valence-electron chi connectivity index (χ4n) is 2.67. The number of furan rings is 1. The molecule has 4 rings (SSSR count). The third-order valence-electron chi connectivity index (χ3n) is 3.98. The summed E-state index contributed by atoms with van der Waals surface area (Å²) in [6.07, 6.45) is 1.54. The van der Waals surface area contributed by atoms with E-state index in [0.717, 1.165) is 16.7 Å². The van der Waals surface area contributed by atoms with Crippen molar-refractivity contribution in [2.75, 3.05) is 4.90 Å². The molecule has 140 valence electrons. The first-order chi connectivity index (χ1) is 13.4. The van der Waals surface area contributed by atoms with E-state index in [4.69, 9.17) is 39.2 Å². The van der Waals surface area contributed by atoms with E-state index in [-0.39, 0.29) is 10.1 Å². The molecular weight excluding hydrogens is 441 g/mol. The summed E-state index contributed by atoms with van der Waals surface area (Å²) in [7, 11) is 0. The molecule has 0 N–H and O–H groups in total. The summed E-state index contributed by atoms with van der Waals surface area (Å²) >= 11 is 18.8. The summed E-state index contributed by atoms with van der Waals surface area (Å²) in [5.41, 5.74) is 1.14. The van der Waals surface area contributed by atoms with Crippen LogP contribution in [-0.4, -0.2) is 11.1 Å². The van der Waals surface area contributed by atoms with Crippen LogP contribution in [0, 0.1) is 0 Å². The number of rotatable bonds is 3. The largest absolute Gasteiger partial charge is 0.457 e. The second-order valence-electron chi connectivity index (χ2n) is 5.82. The highest BCUT2D eigenvalue weighted by Gasteiger charge is 2.36. The van der Waals surface area contributed by atoms with Crippen molar-refractivity contribution in [3.63, 3.8) is 0 Å². The van der Waals surface area contributed by atoms with Gasteiger partial charge in [-0.05, 0) is 66.4 Å². The van der Waals surface area contributed by atoms with Crippen molar-refractivity contribution in [1.82, 2.24) is 0 Å². The Kier molecular flexibility index (Phi) is 5.25. The Hall–Kier alpha value is -2.18. The van der Waals surface area contributed by atoms with Crippen LogP contribution in [0.15, 0.2) is 63.9 Å². The average molecular weight is 451 g/mol. The number of hydrogen-bond acceptors (Lipinski definition) is 4. The van der Waals surface area contributed by atoms with Gasteiger partial charge in [0.15, 0.2) is 0 Å². The van der Waals surface area contributed by atoms with Crippen LogP contribution in [0.5, 0.6) is 0 Å². The zero-order valence-electron chi connectivity index (χ0n) is 14.0. The number of carbonyl (C=O) groups excluding carboxylic acids is 2. The number of hydrogen-bond donors (Lipinski definition) is 0. The maximum absolute atomic E-state index is 12.7. The number of halogens is 3. The van der Waals surface area contributed by atoms with E-state index in [2.05, 4.69) is 0 Å². The molecule has 0 aliphatic carbocycles. The van der Waals surface area contributed by atoms with Gasteiger partial charge in [0.1, 0.15) is 11.5 Å². The molecule has 1 aromatic heterocycles. The first-order valence-corrected chi connectivity index (χ1v) is 9.96. The van der Waals surface area contributed by atoms with Crippen LogP contribution >= 0.6 is 46.6 Å². The van der Waals surface area contributed by atoms with Crippen LogP contribution in [0.2, 0.25) is 15.1 Å². The van der Waals surface area contributed by atoms with Crippen molar-refractivity contribution in [3.8, 4) is 11.3 Å². The lowest BCUT2D eigenvalue weighted by Crippen LogP contribution is -2.27. The molecule has 1 aliphatic rings. The summed E-state index contributed by atoms with van der Waals surface area (Å²) < 4.78 is 5.78. The van der Waals surface area contributed by atoms with Gasteiger partial charge in [-0.1, -0.05) is 34.8 Å². The van der Waals surface area contributed by atoms with Crippen LogP contribution in [0.3, 0.4) is 0 Å². The van der Waals surface area contributed by atoms with Gasteiger partial charge in [0, 0.05) is 21.7 Å². The molecule has 0 saturated carbocycles. The Balaban J connectivity index is 1.61. The monoisotopic (exact) mass is 449 g/mol. The van der Waals surface area contributed by atoms with E-state index in [1.54, 1.807) is 54.6 Å². The van der Waals surface area contributed by atoms with E-state index in [0.29, 0.717) is 37.8 Å². The van der Waals surface area contributed by atoms with Crippen molar-refractivity contribution in [2.24, 2.45) is 0 Å². The van der Waals surface area contributed by atoms with Crippen LogP contribution in [0.1, 0.15) is 5.76 Å². The first kappa shape index (κ1) is 19.2. The fourth-order valence-corrected chi connectivity index (χ4v) is 4.12. The predicted molar refractivity (Wildman–Crippen MR) is 114 cm³/mol. The lowest BCUT2D eigenvalue weighted by atomic mass is 10.2. The Morgan fingerprint density at radius 2 is 1.61 bits per heavy atom. The van der Waals surface area contributed by atoms with Crippen LogP contribution in [-0.2, 0) is 4.79 Å². The molecule has 4 nitrogen and oxygen atoms in total. The topological polar surface area (TPSA) is 50.5 Å². The molecule has 2 heterocycles. The van der Waals surface area contributed by atoms with Gasteiger partial charge in [0.2, 0.25) is 0 Å². The molecule has 2 aromatic carbocycles. The fraction of sp³-hybridized carbons (Fsp3) is 0. The lowest BCUT2D eigenvalue weighted by molar-refractivity contribution is -0.113. The van der Waals surface area contributed by atoms with Gasteiger partial charge >= 0.3 is 0 Å². The zero-order valence-corrected chi connectivity index (χ0v) is 17.1. The molecule has 0 unspecified atom stereocenters. The highest BCUT2D eigenvalue weighted by Crippen LogP contribution is 2.37. The van der Waals surface area contributed by atoms with Crippen molar-refractivity contribution < 1.29 is 14.0 Å². The first-order valence-electron chi connectivity index (χ1n) is 8.01. The highest BCUT2D eigenvalue weighted by atomic mass is 35.5. The number of imide groups is 1. The Morgan fingerprint density at radius 1 is 0.893 bits per heavy atom. The van der Waals surface area contributed by atoms with Crippen LogP contribution < -0.4 is 4.90 Å². The summed E-state index contributed by atoms with van der Waals surface area (Å²) in [6, 6.07) is 15.0. The molecular formula is C20H10Cl3NO3S. The van der Waals surface area contributed by atoms with E-state index < -0.39 is 5.91 Å². The quantitative estimate of drug-likeness (QED) is 0.398. The minimum absolute atomic E-state index is 0.267. The van der Waals surface area contributed by atoms with E-state index >= 15 is 0 Å². The number of anilines is 1. The smallest absolute Gasteiger partial charge is 0.298 e. The molecule has 0 bridgehead atoms. The number of nitrogens with zero attached hydrogens (tertiary/aromatic N) is 1. The summed E-state index contributed by atoms with van der Waals surface area (Å²) in [5.74, 6) is 0.548. The normalized spacial score (nSPS) is 15.7. The third kappa shape index (κ3) is 3.71. The molecule has 1 aliphatic heterocycles. The van der Waals surface area contributed by atoms with Gasteiger partial charge in [-0.3, -0.25) is 9.59 Å².